The molecule has 84 valence electrons. The van der Waals surface area contributed by atoms with E-state index in [4.69, 9.17) is 0 Å². The summed E-state index contributed by atoms with van der Waals surface area (Å²) in [5.41, 5.74) is -0.132. The second kappa shape index (κ2) is 4.03. The molecule has 1 aromatic heterocycles. The number of aromatic nitrogens is 2. The van der Waals surface area contributed by atoms with Crippen LogP contribution in [0.15, 0.2) is 16.2 Å². The Kier molecular flexibility index (Phi) is 2.55. The summed E-state index contributed by atoms with van der Waals surface area (Å²) in [5.74, 6) is 0.232. The molecule has 8 nitrogen and oxygen atoms in total. The normalized spacial score (nSPS) is 13.0. The second-order valence-corrected chi connectivity index (χ2v) is 3.06. The number of nitrogens with zero attached hydrogens (tertiary/aromatic N) is 4. The summed E-state index contributed by atoms with van der Waals surface area (Å²) in [5, 5.41) is 2.15. The average Bonchev–Trinajstić information content (AvgIpc) is 2.28. The molecule has 8 heteroatoms. The lowest BCUT2D eigenvalue weighted by atomic mass is 10.4. The molecule has 2 rings (SSSR count). The first-order valence-corrected chi connectivity index (χ1v) is 4.47. The maximum Gasteiger partial charge on any atom is 0.302 e. The van der Waals surface area contributed by atoms with Crippen LogP contribution in [0.3, 0.4) is 0 Å². The first-order chi connectivity index (χ1) is 8.10. The fourth-order valence-electron chi connectivity index (χ4n) is 1.14. The van der Waals surface area contributed by atoms with E-state index in [9.17, 15) is 14.4 Å². The molecule has 1 N–H and O–H groups in total. The van der Waals surface area contributed by atoms with Gasteiger partial charge in [-0.05, 0) is 0 Å². The molecule has 2 amide bonds. The molecule has 0 atom stereocenters. The topological polar surface area (TPSA) is 114 Å². The number of aliphatic imine (C=N–C) groups is 1. The molecular weight excluding hydrogens is 226 g/mol. The van der Waals surface area contributed by atoms with Crippen molar-refractivity contribution < 1.29 is 14.4 Å². The first-order valence-electron chi connectivity index (χ1n) is 4.47. The molecule has 0 spiro atoms. The number of rotatable bonds is 0. The third-order valence-corrected chi connectivity index (χ3v) is 1.77. The Hall–Kier alpha value is -2.73. The molecule has 0 unspecified atom stereocenters. The molecule has 0 radical (unpaired) electrons. The lowest BCUT2D eigenvalue weighted by Gasteiger charge is -2.05. The minimum Gasteiger partial charge on any atom is -0.295 e. The van der Waals surface area contributed by atoms with Gasteiger partial charge in [0.1, 0.15) is 0 Å². The Balaban J connectivity index is 2.58. The third kappa shape index (κ3) is 2.11. The minimum absolute atomic E-state index is 0.00718. The number of hydrogen-bond donors (Lipinski definition) is 1. The number of hydrogen-bond acceptors (Lipinski definition) is 6. The lowest BCUT2D eigenvalue weighted by Crippen LogP contribution is -2.37. The minimum atomic E-state index is -0.719. The van der Waals surface area contributed by atoms with E-state index in [1.807, 2.05) is 0 Å². The summed E-state index contributed by atoms with van der Waals surface area (Å²) in [6, 6.07) is 0. The predicted octanol–water partition coefficient (Wildman–Crippen LogP) is -2.75. The summed E-state index contributed by atoms with van der Waals surface area (Å²) in [6.07, 6.45) is 1.12. The highest BCUT2D eigenvalue weighted by Crippen LogP contribution is 1.93. The number of guanidine groups is 1. The Morgan fingerprint density at radius 3 is 2.82 bits per heavy atom. The van der Waals surface area contributed by atoms with E-state index in [1.165, 1.54) is 12.9 Å². The molecule has 0 saturated heterocycles. The van der Waals surface area contributed by atoms with Gasteiger partial charge in [0.05, 0.1) is 6.20 Å². The van der Waals surface area contributed by atoms with Crippen LogP contribution < -0.4 is 16.2 Å². The van der Waals surface area contributed by atoms with Gasteiger partial charge in [0, 0.05) is 6.92 Å². The zero-order chi connectivity index (χ0) is 12.4. The van der Waals surface area contributed by atoms with Gasteiger partial charge < -0.3 is 0 Å². The van der Waals surface area contributed by atoms with Gasteiger partial charge in [0.2, 0.25) is 11.9 Å². The zero-order valence-corrected chi connectivity index (χ0v) is 8.59. The molecule has 0 aromatic carbocycles. The monoisotopic (exact) mass is 231 g/mol. The van der Waals surface area contributed by atoms with Crippen molar-refractivity contribution in [1.82, 2.24) is 15.3 Å². The molecule has 0 saturated carbocycles. The Morgan fingerprint density at radius 1 is 1.41 bits per heavy atom. The highest BCUT2D eigenvalue weighted by atomic mass is 16.2. The van der Waals surface area contributed by atoms with Crippen LogP contribution in [0.5, 0.6) is 0 Å². The van der Waals surface area contributed by atoms with E-state index >= 15 is 0 Å². The van der Waals surface area contributed by atoms with Crippen molar-refractivity contribution >= 4 is 23.7 Å². The smallest absolute Gasteiger partial charge is 0.295 e. The molecule has 1 aliphatic rings. The van der Waals surface area contributed by atoms with Crippen LogP contribution in [0.25, 0.3) is 0 Å². The van der Waals surface area contributed by atoms with Gasteiger partial charge in [-0.1, -0.05) is 0 Å². The third-order valence-electron chi connectivity index (χ3n) is 1.77. The van der Waals surface area contributed by atoms with Crippen molar-refractivity contribution in [1.29, 1.82) is 0 Å². The van der Waals surface area contributed by atoms with Crippen LogP contribution in [0.1, 0.15) is 17.4 Å². The number of fused-ring (bicyclic) bond motifs is 1. The largest absolute Gasteiger partial charge is 0.302 e. The van der Waals surface area contributed by atoms with Crippen molar-refractivity contribution in [3.8, 4) is 0 Å². The molecular formula is C9H5N5O3. The SMILES string of the molecule is CC(=O)NC1=NC(=O)c2nc(=C=O)cnc2=N1. The average molecular weight is 231 g/mol. The maximum absolute atomic E-state index is 11.5. The van der Waals surface area contributed by atoms with E-state index in [2.05, 4.69) is 25.3 Å². The van der Waals surface area contributed by atoms with Crippen molar-refractivity contribution in [3.05, 3.63) is 22.7 Å². The van der Waals surface area contributed by atoms with E-state index in [1.54, 1.807) is 0 Å². The fourth-order valence-corrected chi connectivity index (χ4v) is 1.14. The molecule has 17 heavy (non-hydrogen) atoms. The number of amides is 2. The van der Waals surface area contributed by atoms with E-state index in [-0.39, 0.29) is 22.5 Å². The zero-order valence-electron chi connectivity index (χ0n) is 8.59. The van der Waals surface area contributed by atoms with Crippen LogP contribution in [-0.4, -0.2) is 33.7 Å². The molecule has 1 aliphatic heterocycles. The quantitative estimate of drug-likeness (QED) is 0.519. The van der Waals surface area contributed by atoms with Gasteiger partial charge in [-0.2, -0.15) is 9.98 Å². The molecule has 0 fully saturated rings. The second-order valence-electron chi connectivity index (χ2n) is 3.06. The number of nitrogens with one attached hydrogen (secondary N) is 1. The number of carbonyl (C=O) groups excluding carboxylic acids is 3. The summed E-state index contributed by atoms with van der Waals surface area (Å²) >= 11 is 0. The summed E-state index contributed by atoms with van der Waals surface area (Å²) in [7, 11) is 0. The maximum atomic E-state index is 11.5. The Bertz CT molecular complexity index is 687. The van der Waals surface area contributed by atoms with Crippen LogP contribution in [0, 0.1) is 0 Å². The summed E-state index contributed by atoms with van der Waals surface area (Å²) in [6.45, 7) is 1.26. The van der Waals surface area contributed by atoms with E-state index in [0.717, 1.165) is 6.20 Å². The van der Waals surface area contributed by atoms with Crippen LogP contribution in [0.2, 0.25) is 0 Å². The number of carbonyl (C=O) groups is 2. The summed E-state index contributed by atoms with van der Waals surface area (Å²) in [4.78, 5) is 47.4. The lowest BCUT2D eigenvalue weighted by molar-refractivity contribution is -0.117. The van der Waals surface area contributed by atoms with E-state index < -0.39 is 11.8 Å². The first kappa shape index (κ1) is 10.8. The molecule has 1 aromatic rings. The standard InChI is InChI=1S/C9H5N5O3/c1-4(16)11-9-13-7-6(8(17)14-9)12-5(3-15)2-10-7/h2H,1H3,(H,11,14,16,17). The van der Waals surface area contributed by atoms with Gasteiger partial charge >= 0.3 is 5.91 Å². The highest BCUT2D eigenvalue weighted by molar-refractivity contribution is 6.07. The van der Waals surface area contributed by atoms with Crippen molar-refractivity contribution in [2.75, 3.05) is 0 Å². The van der Waals surface area contributed by atoms with Gasteiger partial charge in [-0.15, -0.1) is 0 Å². The highest BCUT2D eigenvalue weighted by Gasteiger charge is 2.17. The summed E-state index contributed by atoms with van der Waals surface area (Å²) < 4.78 is 0. The molecule has 2 heterocycles. The van der Waals surface area contributed by atoms with E-state index in [0.29, 0.717) is 0 Å². The Labute approximate surface area is 93.8 Å². The van der Waals surface area contributed by atoms with Gasteiger partial charge in [-0.3, -0.25) is 14.9 Å². The predicted molar refractivity (Wildman–Crippen MR) is 53.2 cm³/mol. The van der Waals surface area contributed by atoms with Crippen LogP contribution >= 0.6 is 0 Å². The molecule has 0 aliphatic carbocycles. The van der Waals surface area contributed by atoms with Crippen LogP contribution in [0.4, 0.5) is 0 Å². The van der Waals surface area contributed by atoms with Crippen molar-refractivity contribution in [2.24, 2.45) is 9.98 Å². The fraction of sp³-hybridized carbons (Fsp3) is 0.111. The van der Waals surface area contributed by atoms with Gasteiger partial charge in [-0.25, -0.2) is 14.8 Å². The van der Waals surface area contributed by atoms with Crippen LogP contribution in [-0.2, 0) is 9.59 Å². The van der Waals surface area contributed by atoms with Crippen molar-refractivity contribution in [2.45, 2.75) is 6.92 Å². The van der Waals surface area contributed by atoms with Crippen molar-refractivity contribution in [3.63, 3.8) is 0 Å². The van der Waals surface area contributed by atoms with Gasteiger partial charge in [0.25, 0.3) is 0 Å². The molecule has 0 bridgehead atoms. The van der Waals surface area contributed by atoms with Gasteiger partial charge in [0.15, 0.2) is 22.5 Å². The Morgan fingerprint density at radius 2 is 2.18 bits per heavy atom.